The molecule has 3 N–H and O–H groups in total. The predicted molar refractivity (Wildman–Crippen MR) is 145 cm³/mol. The second-order valence-electron chi connectivity index (χ2n) is 10.6. The molecule has 0 spiro atoms. The third-order valence-corrected chi connectivity index (χ3v) is 6.76. The summed E-state index contributed by atoms with van der Waals surface area (Å²) >= 11 is 0. The fourth-order valence-corrected chi connectivity index (χ4v) is 4.78. The molecule has 2 atom stereocenters. The van der Waals surface area contributed by atoms with E-state index in [9.17, 15) is 23.5 Å². The van der Waals surface area contributed by atoms with Crippen molar-refractivity contribution in [3.8, 4) is 5.75 Å². The monoisotopic (exact) mass is 536 g/mol. The van der Waals surface area contributed by atoms with Crippen LogP contribution in [0.1, 0.15) is 64.6 Å². The molecule has 3 aromatic rings. The first kappa shape index (κ1) is 28.4. The maximum atomic E-state index is 13.9. The topological polar surface area (TPSA) is 87.7 Å². The Hall–Kier alpha value is -3.62. The first-order valence-corrected chi connectivity index (χ1v) is 13.1. The van der Waals surface area contributed by atoms with Gasteiger partial charge < -0.3 is 20.5 Å². The Bertz CT molecular complexity index is 1340. The predicted octanol–water partition coefficient (Wildman–Crippen LogP) is 4.76. The van der Waals surface area contributed by atoms with E-state index in [1.807, 2.05) is 32.0 Å². The number of aliphatic hydroxyl groups is 1. The van der Waals surface area contributed by atoms with E-state index in [4.69, 9.17) is 4.74 Å². The molecule has 4 rings (SSSR count). The minimum Gasteiger partial charge on any atom is -0.487 e. The summed E-state index contributed by atoms with van der Waals surface area (Å²) in [7, 11) is 0. The zero-order valence-corrected chi connectivity index (χ0v) is 22.4. The van der Waals surface area contributed by atoms with Crippen LogP contribution in [0.25, 0.3) is 0 Å². The number of carbonyl (C=O) groups is 2. The van der Waals surface area contributed by atoms with Crippen LogP contribution >= 0.6 is 0 Å². The SMILES string of the molecule is CCc1cccc(CNC[C@H](O)[C@@H](Cc2cc(F)cc(F)c2)NC(=O)c2ccc3c(c2)C(=O)CC(C)(C)O3)c1. The van der Waals surface area contributed by atoms with Crippen molar-refractivity contribution in [2.75, 3.05) is 6.54 Å². The number of amides is 1. The number of rotatable bonds is 10. The maximum Gasteiger partial charge on any atom is 0.251 e. The van der Waals surface area contributed by atoms with Crippen molar-refractivity contribution in [1.29, 1.82) is 0 Å². The number of hydrogen-bond donors (Lipinski definition) is 3. The summed E-state index contributed by atoms with van der Waals surface area (Å²) in [6, 6.07) is 15.0. The third kappa shape index (κ3) is 7.49. The summed E-state index contributed by atoms with van der Waals surface area (Å²) in [4.78, 5) is 25.9. The van der Waals surface area contributed by atoms with Crippen LogP contribution in [0.15, 0.2) is 60.7 Å². The Morgan fingerprint density at radius 3 is 2.46 bits per heavy atom. The highest BCUT2D eigenvalue weighted by Gasteiger charge is 2.33. The molecule has 0 radical (unpaired) electrons. The molecule has 0 aromatic heterocycles. The van der Waals surface area contributed by atoms with Crippen molar-refractivity contribution >= 4 is 11.7 Å². The molecule has 0 saturated carbocycles. The van der Waals surface area contributed by atoms with Crippen LogP contribution in [0.2, 0.25) is 0 Å². The van der Waals surface area contributed by atoms with Gasteiger partial charge in [0.05, 0.1) is 24.1 Å². The Kier molecular flexibility index (Phi) is 8.77. The molecule has 8 heteroatoms. The van der Waals surface area contributed by atoms with Crippen LogP contribution in [0.5, 0.6) is 5.75 Å². The summed E-state index contributed by atoms with van der Waals surface area (Å²) in [6.07, 6.45) is 0.0191. The average molecular weight is 537 g/mol. The van der Waals surface area contributed by atoms with Crippen LogP contribution in [0.3, 0.4) is 0 Å². The largest absolute Gasteiger partial charge is 0.487 e. The van der Waals surface area contributed by atoms with Gasteiger partial charge in [-0.3, -0.25) is 9.59 Å². The minimum absolute atomic E-state index is 0.00421. The molecule has 0 saturated heterocycles. The lowest BCUT2D eigenvalue weighted by Crippen LogP contribution is -2.48. The number of aliphatic hydroxyl groups excluding tert-OH is 1. The molecule has 39 heavy (non-hydrogen) atoms. The molecule has 1 amide bonds. The van der Waals surface area contributed by atoms with Gasteiger partial charge in [-0.2, -0.15) is 0 Å². The van der Waals surface area contributed by atoms with Gasteiger partial charge in [-0.05, 0) is 73.7 Å². The lowest BCUT2D eigenvalue weighted by molar-refractivity contribution is 0.0620. The summed E-state index contributed by atoms with van der Waals surface area (Å²) in [5.41, 5.74) is 2.46. The summed E-state index contributed by atoms with van der Waals surface area (Å²) in [6.45, 7) is 6.35. The maximum absolute atomic E-state index is 13.9. The Labute approximate surface area is 227 Å². The smallest absolute Gasteiger partial charge is 0.251 e. The Morgan fingerprint density at radius 1 is 1.03 bits per heavy atom. The van der Waals surface area contributed by atoms with E-state index in [0.717, 1.165) is 18.1 Å². The summed E-state index contributed by atoms with van der Waals surface area (Å²) < 4.78 is 33.6. The first-order valence-electron chi connectivity index (χ1n) is 13.1. The molecule has 3 aromatic carbocycles. The van der Waals surface area contributed by atoms with Gasteiger partial charge in [0.25, 0.3) is 5.91 Å². The molecule has 206 valence electrons. The average Bonchev–Trinajstić information content (AvgIpc) is 2.87. The number of benzene rings is 3. The minimum atomic E-state index is -1.07. The van der Waals surface area contributed by atoms with Gasteiger partial charge in [-0.1, -0.05) is 31.2 Å². The van der Waals surface area contributed by atoms with Crippen LogP contribution in [0.4, 0.5) is 8.78 Å². The standard InChI is InChI=1S/C31H34F2N2O4/c1-4-19-6-5-7-20(10-19)17-34-18-28(37)26(13-21-11-23(32)15-24(33)12-21)35-30(38)22-8-9-29-25(14-22)27(36)16-31(2,3)39-29/h5-12,14-15,26,28,34,37H,4,13,16-18H2,1-3H3,(H,35,38)/t26-,28+/m1/s1. The van der Waals surface area contributed by atoms with E-state index < -0.39 is 35.3 Å². The number of aryl methyl sites for hydroxylation is 1. The van der Waals surface area contributed by atoms with E-state index in [1.54, 1.807) is 12.1 Å². The number of carbonyl (C=O) groups excluding carboxylic acids is 2. The Morgan fingerprint density at radius 2 is 1.74 bits per heavy atom. The number of ketones is 1. The van der Waals surface area contributed by atoms with Crippen LogP contribution in [-0.2, 0) is 19.4 Å². The number of fused-ring (bicyclic) bond motifs is 1. The van der Waals surface area contributed by atoms with Gasteiger partial charge in [-0.15, -0.1) is 0 Å². The van der Waals surface area contributed by atoms with E-state index >= 15 is 0 Å². The fourth-order valence-electron chi connectivity index (χ4n) is 4.78. The van der Waals surface area contributed by atoms with Crippen LogP contribution in [-0.4, -0.2) is 41.1 Å². The highest BCUT2D eigenvalue weighted by Crippen LogP contribution is 2.33. The van der Waals surface area contributed by atoms with Crippen LogP contribution in [0, 0.1) is 11.6 Å². The number of nitrogens with one attached hydrogen (secondary N) is 2. The zero-order valence-electron chi connectivity index (χ0n) is 22.4. The van der Waals surface area contributed by atoms with Crippen molar-refractivity contribution in [3.63, 3.8) is 0 Å². The lowest BCUT2D eigenvalue weighted by atomic mass is 9.92. The number of hydrogen-bond acceptors (Lipinski definition) is 5. The highest BCUT2D eigenvalue weighted by molar-refractivity contribution is 6.03. The van der Waals surface area contributed by atoms with Gasteiger partial charge in [0.15, 0.2) is 5.78 Å². The van der Waals surface area contributed by atoms with E-state index in [1.165, 1.54) is 23.8 Å². The molecule has 0 fully saturated rings. The molecule has 0 aliphatic carbocycles. The van der Waals surface area contributed by atoms with Gasteiger partial charge in [0.2, 0.25) is 0 Å². The molecule has 0 unspecified atom stereocenters. The van der Waals surface area contributed by atoms with Crippen LogP contribution < -0.4 is 15.4 Å². The van der Waals surface area contributed by atoms with E-state index in [2.05, 4.69) is 23.6 Å². The summed E-state index contributed by atoms with van der Waals surface area (Å²) in [5.74, 6) is -1.72. The molecular weight excluding hydrogens is 502 g/mol. The molecular formula is C31H34F2N2O4. The van der Waals surface area contributed by atoms with E-state index in [-0.39, 0.29) is 30.7 Å². The number of Topliss-reactive ketones (excluding diaryl/α,β-unsaturated/α-hetero) is 1. The summed E-state index contributed by atoms with van der Waals surface area (Å²) in [5, 5.41) is 17.0. The second-order valence-corrected chi connectivity index (χ2v) is 10.6. The molecule has 6 nitrogen and oxygen atoms in total. The molecule has 0 bridgehead atoms. The number of ether oxygens (including phenoxy) is 1. The fraction of sp³-hybridized carbons (Fsp3) is 0.355. The molecule has 1 aliphatic rings. The zero-order chi connectivity index (χ0) is 28.2. The van der Waals surface area contributed by atoms with Gasteiger partial charge in [0.1, 0.15) is 23.0 Å². The third-order valence-electron chi connectivity index (χ3n) is 6.76. The Balaban J connectivity index is 1.50. The van der Waals surface area contributed by atoms with Crippen molar-refractivity contribution in [3.05, 3.63) is 100 Å². The van der Waals surface area contributed by atoms with E-state index in [0.29, 0.717) is 23.4 Å². The van der Waals surface area contributed by atoms with Crippen molar-refractivity contribution in [2.45, 2.75) is 64.3 Å². The molecule has 1 heterocycles. The number of halogens is 2. The normalized spacial score (nSPS) is 15.7. The molecule has 1 aliphatic heterocycles. The first-order chi connectivity index (χ1) is 18.5. The lowest BCUT2D eigenvalue weighted by Gasteiger charge is -2.31. The highest BCUT2D eigenvalue weighted by atomic mass is 19.1. The van der Waals surface area contributed by atoms with Gasteiger partial charge in [-0.25, -0.2) is 8.78 Å². The second kappa shape index (κ2) is 12.1. The van der Waals surface area contributed by atoms with Crippen molar-refractivity contribution in [1.82, 2.24) is 10.6 Å². The quantitative estimate of drug-likeness (QED) is 0.348. The van der Waals surface area contributed by atoms with Gasteiger partial charge >= 0.3 is 0 Å². The van der Waals surface area contributed by atoms with Crippen molar-refractivity contribution in [2.24, 2.45) is 0 Å². The van der Waals surface area contributed by atoms with Gasteiger partial charge in [0, 0.05) is 24.7 Å². The van der Waals surface area contributed by atoms with Crippen molar-refractivity contribution < 1.29 is 28.2 Å².